The summed E-state index contributed by atoms with van der Waals surface area (Å²) in [6.07, 6.45) is 6.01. The second-order valence-corrected chi connectivity index (χ2v) is 6.67. The van der Waals surface area contributed by atoms with Crippen molar-refractivity contribution in [2.75, 3.05) is 19.6 Å². The maximum Gasteiger partial charge on any atom is 0.407 e. The average Bonchev–Trinajstić information content (AvgIpc) is 2.23. The van der Waals surface area contributed by atoms with E-state index in [0.717, 1.165) is 19.5 Å². The van der Waals surface area contributed by atoms with Gasteiger partial charge in [-0.25, -0.2) is 4.79 Å². The van der Waals surface area contributed by atoms with Gasteiger partial charge in [0.1, 0.15) is 5.60 Å². The van der Waals surface area contributed by atoms with E-state index in [0.29, 0.717) is 12.0 Å². The van der Waals surface area contributed by atoms with E-state index in [1.807, 2.05) is 20.8 Å². The van der Waals surface area contributed by atoms with Crippen LogP contribution in [0.5, 0.6) is 0 Å². The lowest BCUT2D eigenvalue weighted by atomic mass is 9.67. The van der Waals surface area contributed by atoms with Gasteiger partial charge < -0.3 is 15.4 Å². The van der Waals surface area contributed by atoms with Gasteiger partial charge in [0.2, 0.25) is 0 Å². The Morgan fingerprint density at radius 3 is 2.42 bits per heavy atom. The quantitative estimate of drug-likeness (QED) is 0.699. The van der Waals surface area contributed by atoms with Crippen LogP contribution in [-0.2, 0) is 4.74 Å². The predicted octanol–water partition coefficient (Wildman–Crippen LogP) is 3.07. The van der Waals surface area contributed by atoms with Crippen molar-refractivity contribution in [2.24, 2.45) is 5.41 Å². The van der Waals surface area contributed by atoms with Crippen LogP contribution in [0.2, 0.25) is 0 Å². The molecule has 4 heteroatoms. The summed E-state index contributed by atoms with van der Waals surface area (Å²) in [5, 5.41) is 6.29. The van der Waals surface area contributed by atoms with Gasteiger partial charge in [-0.05, 0) is 58.4 Å². The van der Waals surface area contributed by atoms with Crippen molar-refractivity contribution in [3.63, 3.8) is 0 Å². The van der Waals surface area contributed by atoms with Crippen LogP contribution in [-0.4, -0.2) is 31.3 Å². The minimum absolute atomic E-state index is 0.323. The Hall–Kier alpha value is -0.770. The zero-order valence-corrected chi connectivity index (χ0v) is 13.0. The molecule has 0 aliphatic heterocycles. The molecule has 0 unspecified atom stereocenters. The van der Waals surface area contributed by atoms with E-state index in [9.17, 15) is 4.79 Å². The van der Waals surface area contributed by atoms with Crippen molar-refractivity contribution < 1.29 is 9.53 Å². The van der Waals surface area contributed by atoms with Crippen LogP contribution in [0.3, 0.4) is 0 Å². The van der Waals surface area contributed by atoms with Crippen LogP contribution in [0, 0.1) is 5.41 Å². The van der Waals surface area contributed by atoms with E-state index in [4.69, 9.17) is 4.74 Å². The monoisotopic (exact) mass is 270 g/mol. The minimum atomic E-state index is -0.417. The molecule has 0 atom stereocenters. The first-order chi connectivity index (χ1) is 8.87. The van der Waals surface area contributed by atoms with Gasteiger partial charge in [0, 0.05) is 13.1 Å². The third-order valence-corrected chi connectivity index (χ3v) is 3.86. The lowest BCUT2D eigenvalue weighted by molar-refractivity contribution is 0.0527. The highest BCUT2D eigenvalue weighted by atomic mass is 16.6. The Morgan fingerprint density at radius 2 is 1.95 bits per heavy atom. The maximum atomic E-state index is 11.4. The van der Waals surface area contributed by atoms with Gasteiger partial charge in [-0.15, -0.1) is 0 Å². The number of carbonyl (C=O) groups excluding carboxylic acids is 1. The van der Waals surface area contributed by atoms with Gasteiger partial charge in [-0.1, -0.05) is 13.3 Å². The molecule has 0 heterocycles. The maximum absolute atomic E-state index is 11.4. The largest absolute Gasteiger partial charge is 0.444 e. The predicted molar refractivity (Wildman–Crippen MR) is 78.3 cm³/mol. The second-order valence-electron chi connectivity index (χ2n) is 6.67. The first-order valence-corrected chi connectivity index (χ1v) is 7.54. The smallest absolute Gasteiger partial charge is 0.407 e. The van der Waals surface area contributed by atoms with Gasteiger partial charge in [0.15, 0.2) is 0 Å². The molecule has 0 spiro atoms. The SMILES string of the molecule is CCC1(CNCCCNC(=O)OC(C)(C)C)CCC1. The molecule has 1 saturated carbocycles. The Balaban J connectivity index is 1.98. The third kappa shape index (κ3) is 6.28. The van der Waals surface area contributed by atoms with Gasteiger partial charge in [-0.2, -0.15) is 0 Å². The topological polar surface area (TPSA) is 50.4 Å². The molecule has 0 saturated heterocycles. The molecule has 1 amide bonds. The Bertz CT molecular complexity index is 275. The van der Waals surface area contributed by atoms with Crippen molar-refractivity contribution in [3.8, 4) is 0 Å². The molecule has 0 bridgehead atoms. The summed E-state index contributed by atoms with van der Waals surface area (Å²) in [6, 6.07) is 0. The average molecular weight is 270 g/mol. The number of hydrogen-bond donors (Lipinski definition) is 2. The lowest BCUT2D eigenvalue weighted by Crippen LogP contribution is -2.40. The van der Waals surface area contributed by atoms with E-state index < -0.39 is 5.60 Å². The molecular formula is C15H30N2O2. The zero-order chi connectivity index (χ0) is 14.4. The summed E-state index contributed by atoms with van der Waals surface area (Å²) in [7, 11) is 0. The lowest BCUT2D eigenvalue weighted by Gasteiger charge is -2.41. The van der Waals surface area contributed by atoms with Crippen LogP contribution < -0.4 is 10.6 Å². The number of carbonyl (C=O) groups is 1. The van der Waals surface area contributed by atoms with E-state index in [-0.39, 0.29) is 6.09 Å². The van der Waals surface area contributed by atoms with Crippen molar-refractivity contribution in [1.29, 1.82) is 0 Å². The number of ether oxygens (including phenoxy) is 1. The van der Waals surface area contributed by atoms with Crippen molar-refractivity contribution in [3.05, 3.63) is 0 Å². The van der Waals surface area contributed by atoms with Crippen molar-refractivity contribution >= 4 is 6.09 Å². The molecule has 1 fully saturated rings. The fourth-order valence-electron chi connectivity index (χ4n) is 2.40. The van der Waals surface area contributed by atoms with E-state index >= 15 is 0 Å². The Morgan fingerprint density at radius 1 is 1.26 bits per heavy atom. The summed E-state index contributed by atoms with van der Waals surface area (Å²) in [5.41, 5.74) is 0.151. The van der Waals surface area contributed by atoms with Crippen molar-refractivity contribution in [2.45, 2.75) is 65.4 Å². The molecule has 112 valence electrons. The number of alkyl carbamates (subject to hydrolysis) is 1. The Kier molecular flexibility index (Phi) is 6.11. The van der Waals surface area contributed by atoms with E-state index in [1.54, 1.807) is 0 Å². The van der Waals surface area contributed by atoms with Crippen LogP contribution in [0.1, 0.15) is 59.8 Å². The van der Waals surface area contributed by atoms with Crippen LogP contribution in [0.15, 0.2) is 0 Å². The molecule has 0 aromatic carbocycles. The highest BCUT2D eigenvalue weighted by Crippen LogP contribution is 2.42. The van der Waals surface area contributed by atoms with Gasteiger partial charge >= 0.3 is 6.09 Å². The summed E-state index contributed by atoms with van der Waals surface area (Å²) in [4.78, 5) is 11.4. The molecule has 1 aliphatic rings. The normalized spacial score (nSPS) is 17.7. The fourth-order valence-corrected chi connectivity index (χ4v) is 2.40. The van der Waals surface area contributed by atoms with E-state index in [2.05, 4.69) is 17.6 Å². The molecule has 1 aliphatic carbocycles. The van der Waals surface area contributed by atoms with Gasteiger partial charge in [0.25, 0.3) is 0 Å². The number of rotatable bonds is 7. The summed E-state index contributed by atoms with van der Waals surface area (Å²) >= 11 is 0. The Labute approximate surface area is 117 Å². The summed E-state index contributed by atoms with van der Waals surface area (Å²) in [5.74, 6) is 0. The number of amides is 1. The van der Waals surface area contributed by atoms with E-state index in [1.165, 1.54) is 25.7 Å². The standard InChI is InChI=1S/C15H30N2O2/c1-5-15(8-6-9-15)12-16-10-7-11-17-13(18)19-14(2,3)4/h16H,5-12H2,1-4H3,(H,17,18). The first-order valence-electron chi connectivity index (χ1n) is 7.54. The second kappa shape index (κ2) is 7.13. The zero-order valence-electron chi connectivity index (χ0n) is 13.0. The summed E-state index contributed by atoms with van der Waals surface area (Å²) in [6.45, 7) is 10.6. The van der Waals surface area contributed by atoms with Crippen LogP contribution in [0.25, 0.3) is 0 Å². The minimum Gasteiger partial charge on any atom is -0.444 e. The third-order valence-electron chi connectivity index (χ3n) is 3.86. The fraction of sp³-hybridized carbons (Fsp3) is 0.933. The first kappa shape index (κ1) is 16.3. The van der Waals surface area contributed by atoms with Crippen LogP contribution >= 0.6 is 0 Å². The number of nitrogens with one attached hydrogen (secondary N) is 2. The molecule has 0 aromatic rings. The van der Waals surface area contributed by atoms with Gasteiger partial charge in [0.05, 0.1) is 0 Å². The molecule has 1 rings (SSSR count). The molecule has 19 heavy (non-hydrogen) atoms. The van der Waals surface area contributed by atoms with Crippen LogP contribution in [0.4, 0.5) is 4.79 Å². The number of hydrogen-bond acceptors (Lipinski definition) is 3. The molecule has 0 radical (unpaired) electrons. The summed E-state index contributed by atoms with van der Waals surface area (Å²) < 4.78 is 5.17. The highest BCUT2D eigenvalue weighted by molar-refractivity contribution is 5.67. The highest BCUT2D eigenvalue weighted by Gasteiger charge is 2.34. The van der Waals surface area contributed by atoms with Gasteiger partial charge in [-0.3, -0.25) is 0 Å². The molecular weight excluding hydrogens is 240 g/mol. The molecule has 4 nitrogen and oxygen atoms in total. The molecule has 0 aromatic heterocycles. The van der Waals surface area contributed by atoms with Crippen molar-refractivity contribution in [1.82, 2.24) is 10.6 Å². The molecule has 2 N–H and O–H groups in total.